The maximum absolute atomic E-state index is 13.6. The number of halogens is 2. The fraction of sp³-hybridized carbons (Fsp3) is 0.176. The molecule has 0 saturated heterocycles. The number of imide groups is 1. The molecule has 0 spiro atoms. The number of carbonyl (C=O) groups is 2. The van der Waals surface area contributed by atoms with Crippen LogP contribution in [0.3, 0.4) is 0 Å². The van der Waals surface area contributed by atoms with E-state index in [1.807, 2.05) is 0 Å². The van der Waals surface area contributed by atoms with Crippen LogP contribution in [0.1, 0.15) is 26.3 Å². The third kappa shape index (κ3) is 2.73. The van der Waals surface area contributed by atoms with Gasteiger partial charge in [-0.2, -0.15) is 0 Å². The van der Waals surface area contributed by atoms with Crippen LogP contribution in [0.4, 0.5) is 8.78 Å². The third-order valence-electron chi connectivity index (χ3n) is 3.82. The minimum absolute atomic E-state index is 0.0971. The second-order valence-electron chi connectivity index (χ2n) is 5.43. The first-order valence-electron chi connectivity index (χ1n) is 7.12. The molecular formula is C17H14F2N2O2. The summed E-state index contributed by atoms with van der Waals surface area (Å²) in [4.78, 5) is 25.5. The summed E-state index contributed by atoms with van der Waals surface area (Å²) in [5.74, 6) is -2.25. The molecule has 0 bridgehead atoms. The Bertz CT molecular complexity index is 737. The third-order valence-corrected chi connectivity index (χ3v) is 3.82. The molecule has 2 amide bonds. The highest BCUT2D eigenvalue weighted by Crippen LogP contribution is 2.23. The van der Waals surface area contributed by atoms with E-state index in [4.69, 9.17) is 5.73 Å². The molecule has 3 rings (SSSR count). The molecule has 4 nitrogen and oxygen atoms in total. The number of hydrogen-bond donors (Lipinski definition) is 1. The van der Waals surface area contributed by atoms with Gasteiger partial charge in [-0.15, -0.1) is 0 Å². The van der Waals surface area contributed by atoms with Gasteiger partial charge < -0.3 is 5.73 Å². The van der Waals surface area contributed by atoms with E-state index < -0.39 is 29.5 Å². The van der Waals surface area contributed by atoms with E-state index >= 15 is 0 Å². The first-order chi connectivity index (χ1) is 11.0. The maximum atomic E-state index is 13.6. The Labute approximate surface area is 131 Å². The van der Waals surface area contributed by atoms with Crippen molar-refractivity contribution in [2.45, 2.75) is 12.5 Å². The zero-order chi connectivity index (χ0) is 16.6. The molecule has 1 aliphatic rings. The van der Waals surface area contributed by atoms with Gasteiger partial charge in [-0.25, -0.2) is 8.78 Å². The molecule has 2 aromatic rings. The maximum Gasteiger partial charge on any atom is 0.261 e. The Balaban J connectivity index is 1.76. The van der Waals surface area contributed by atoms with Gasteiger partial charge in [-0.3, -0.25) is 14.5 Å². The normalized spacial score (nSPS) is 15.0. The van der Waals surface area contributed by atoms with Crippen LogP contribution in [0.25, 0.3) is 0 Å². The number of nitrogens with two attached hydrogens (primary N) is 1. The summed E-state index contributed by atoms with van der Waals surface area (Å²) in [6.07, 6.45) is -0.105. The zero-order valence-electron chi connectivity index (χ0n) is 12.1. The average Bonchev–Trinajstić information content (AvgIpc) is 2.77. The van der Waals surface area contributed by atoms with Crippen LogP contribution >= 0.6 is 0 Å². The van der Waals surface area contributed by atoms with Crippen molar-refractivity contribution in [2.24, 2.45) is 5.73 Å². The van der Waals surface area contributed by atoms with Gasteiger partial charge in [0.05, 0.1) is 11.1 Å². The van der Waals surface area contributed by atoms with Crippen LogP contribution in [0.2, 0.25) is 0 Å². The lowest BCUT2D eigenvalue weighted by Crippen LogP contribution is -2.42. The Morgan fingerprint density at radius 2 is 1.43 bits per heavy atom. The van der Waals surface area contributed by atoms with Crippen molar-refractivity contribution in [1.29, 1.82) is 0 Å². The number of nitrogens with zero attached hydrogens (tertiary/aromatic N) is 1. The molecule has 0 fully saturated rings. The lowest BCUT2D eigenvalue weighted by molar-refractivity contribution is 0.0644. The van der Waals surface area contributed by atoms with Crippen LogP contribution in [-0.2, 0) is 6.42 Å². The SMILES string of the molecule is NC(Cc1c(F)cccc1F)CN1C(=O)c2ccccc2C1=O. The van der Waals surface area contributed by atoms with Crippen molar-refractivity contribution in [3.63, 3.8) is 0 Å². The number of amides is 2. The van der Waals surface area contributed by atoms with Crippen molar-refractivity contribution in [2.75, 3.05) is 6.54 Å². The predicted molar refractivity (Wildman–Crippen MR) is 79.8 cm³/mol. The first-order valence-corrected chi connectivity index (χ1v) is 7.12. The second kappa shape index (κ2) is 5.89. The Morgan fingerprint density at radius 3 is 1.96 bits per heavy atom. The molecule has 1 unspecified atom stereocenters. The molecule has 6 heteroatoms. The largest absolute Gasteiger partial charge is 0.326 e. The number of carbonyl (C=O) groups excluding carboxylic acids is 2. The summed E-state index contributed by atoms with van der Waals surface area (Å²) in [5, 5.41) is 0. The molecule has 0 radical (unpaired) electrons. The summed E-state index contributed by atoms with van der Waals surface area (Å²) in [5.41, 5.74) is 6.40. The molecule has 0 saturated carbocycles. The molecule has 1 aliphatic heterocycles. The van der Waals surface area contributed by atoms with E-state index in [1.54, 1.807) is 24.3 Å². The molecule has 0 aliphatic carbocycles. The van der Waals surface area contributed by atoms with Crippen molar-refractivity contribution in [1.82, 2.24) is 4.90 Å². The summed E-state index contributed by atoms with van der Waals surface area (Å²) >= 11 is 0. The molecule has 118 valence electrons. The summed E-state index contributed by atoms with van der Waals surface area (Å²) < 4.78 is 27.3. The van der Waals surface area contributed by atoms with E-state index in [1.165, 1.54) is 6.07 Å². The van der Waals surface area contributed by atoms with E-state index in [0.29, 0.717) is 11.1 Å². The number of fused-ring (bicyclic) bond motifs is 1. The van der Waals surface area contributed by atoms with E-state index in [0.717, 1.165) is 17.0 Å². The monoisotopic (exact) mass is 316 g/mol. The quantitative estimate of drug-likeness (QED) is 0.879. The van der Waals surface area contributed by atoms with Gasteiger partial charge in [0.1, 0.15) is 11.6 Å². The topological polar surface area (TPSA) is 63.4 Å². The van der Waals surface area contributed by atoms with E-state index in [-0.39, 0.29) is 18.5 Å². The highest BCUT2D eigenvalue weighted by atomic mass is 19.1. The first kappa shape index (κ1) is 15.3. The van der Waals surface area contributed by atoms with Crippen LogP contribution in [0.5, 0.6) is 0 Å². The minimum Gasteiger partial charge on any atom is -0.326 e. The highest BCUT2D eigenvalue weighted by molar-refractivity contribution is 6.21. The lowest BCUT2D eigenvalue weighted by atomic mass is 10.0. The van der Waals surface area contributed by atoms with Gasteiger partial charge in [-0.05, 0) is 30.7 Å². The Morgan fingerprint density at radius 1 is 0.913 bits per heavy atom. The van der Waals surface area contributed by atoms with Gasteiger partial charge >= 0.3 is 0 Å². The fourth-order valence-electron chi connectivity index (χ4n) is 2.69. The zero-order valence-corrected chi connectivity index (χ0v) is 12.1. The smallest absolute Gasteiger partial charge is 0.261 e. The van der Waals surface area contributed by atoms with Crippen molar-refractivity contribution in [3.8, 4) is 0 Å². The summed E-state index contributed by atoms with van der Waals surface area (Å²) in [6.45, 7) is -0.0971. The molecule has 23 heavy (non-hydrogen) atoms. The predicted octanol–water partition coefficient (Wildman–Crippen LogP) is 2.13. The van der Waals surface area contributed by atoms with Crippen LogP contribution in [-0.4, -0.2) is 29.3 Å². The molecule has 0 aromatic heterocycles. The molecule has 1 heterocycles. The van der Waals surface area contributed by atoms with Crippen molar-refractivity contribution in [3.05, 3.63) is 70.8 Å². The lowest BCUT2D eigenvalue weighted by Gasteiger charge is -2.19. The fourth-order valence-corrected chi connectivity index (χ4v) is 2.69. The van der Waals surface area contributed by atoms with Gasteiger partial charge in [0.2, 0.25) is 0 Å². The van der Waals surface area contributed by atoms with Crippen LogP contribution in [0.15, 0.2) is 42.5 Å². The van der Waals surface area contributed by atoms with E-state index in [2.05, 4.69) is 0 Å². The van der Waals surface area contributed by atoms with Gasteiger partial charge in [0.15, 0.2) is 0 Å². The van der Waals surface area contributed by atoms with Crippen LogP contribution in [0, 0.1) is 11.6 Å². The van der Waals surface area contributed by atoms with E-state index in [9.17, 15) is 18.4 Å². The molecule has 2 aromatic carbocycles. The molecule has 1 atom stereocenters. The Kier molecular flexibility index (Phi) is 3.92. The molecular weight excluding hydrogens is 302 g/mol. The van der Waals surface area contributed by atoms with Gasteiger partial charge in [0, 0.05) is 18.2 Å². The second-order valence-corrected chi connectivity index (χ2v) is 5.43. The van der Waals surface area contributed by atoms with Gasteiger partial charge in [0.25, 0.3) is 11.8 Å². The molecule has 2 N–H and O–H groups in total. The average molecular weight is 316 g/mol. The minimum atomic E-state index is -0.761. The van der Waals surface area contributed by atoms with Gasteiger partial charge in [-0.1, -0.05) is 18.2 Å². The van der Waals surface area contributed by atoms with Crippen LogP contribution < -0.4 is 5.73 Å². The number of benzene rings is 2. The number of hydrogen-bond acceptors (Lipinski definition) is 3. The van der Waals surface area contributed by atoms with Crippen molar-refractivity contribution < 1.29 is 18.4 Å². The summed E-state index contributed by atoms with van der Waals surface area (Å²) in [7, 11) is 0. The summed E-state index contributed by atoms with van der Waals surface area (Å²) in [6, 6.07) is 9.27. The Hall–Kier alpha value is -2.60. The van der Waals surface area contributed by atoms with Crippen molar-refractivity contribution >= 4 is 11.8 Å². The highest BCUT2D eigenvalue weighted by Gasteiger charge is 2.35. The standard InChI is InChI=1S/C17H14F2N2O2/c18-14-6-3-7-15(19)13(14)8-10(20)9-21-16(22)11-4-1-2-5-12(11)17(21)23/h1-7,10H,8-9,20H2. The number of rotatable bonds is 4.